The van der Waals surface area contributed by atoms with Crippen molar-refractivity contribution in [1.82, 2.24) is 4.90 Å². The predicted molar refractivity (Wildman–Crippen MR) is 96.9 cm³/mol. The molecule has 0 unspecified atom stereocenters. The fourth-order valence-electron chi connectivity index (χ4n) is 2.79. The topological polar surface area (TPSA) is 49.9 Å². The average molecular weight is 377 g/mol. The molecule has 0 saturated carbocycles. The van der Waals surface area contributed by atoms with E-state index in [0.29, 0.717) is 26.2 Å². The zero-order valence-electron chi connectivity index (χ0n) is 14.0. The molecule has 0 atom stereocenters. The SMILES string of the molecule is O=C(OCC(=O)N1CCN(c2ccc(F)cc2)CC1)c1ccccc1Cl. The highest BCUT2D eigenvalue weighted by Crippen LogP contribution is 2.18. The van der Waals surface area contributed by atoms with E-state index in [0.717, 1.165) is 5.69 Å². The Labute approximate surface area is 155 Å². The van der Waals surface area contributed by atoms with Gasteiger partial charge in [-0.2, -0.15) is 0 Å². The van der Waals surface area contributed by atoms with E-state index in [4.69, 9.17) is 16.3 Å². The average Bonchev–Trinajstić information content (AvgIpc) is 2.67. The number of esters is 1. The highest BCUT2D eigenvalue weighted by Gasteiger charge is 2.22. The van der Waals surface area contributed by atoms with Crippen LogP contribution in [0.5, 0.6) is 0 Å². The summed E-state index contributed by atoms with van der Waals surface area (Å²) in [7, 11) is 0. The lowest BCUT2D eigenvalue weighted by Gasteiger charge is -2.36. The molecule has 7 heteroatoms. The Hall–Kier alpha value is -2.60. The molecule has 0 radical (unpaired) electrons. The molecule has 26 heavy (non-hydrogen) atoms. The van der Waals surface area contributed by atoms with Crippen molar-refractivity contribution in [3.05, 3.63) is 64.9 Å². The Morgan fingerprint density at radius 2 is 1.65 bits per heavy atom. The van der Waals surface area contributed by atoms with Gasteiger partial charge in [-0.15, -0.1) is 0 Å². The second-order valence-electron chi connectivity index (χ2n) is 5.90. The van der Waals surface area contributed by atoms with Gasteiger partial charge in [-0.3, -0.25) is 4.79 Å². The summed E-state index contributed by atoms with van der Waals surface area (Å²) < 4.78 is 18.1. The fourth-order valence-corrected chi connectivity index (χ4v) is 3.00. The van der Waals surface area contributed by atoms with Crippen molar-refractivity contribution in [2.75, 3.05) is 37.7 Å². The zero-order valence-corrected chi connectivity index (χ0v) is 14.8. The Morgan fingerprint density at radius 1 is 1.00 bits per heavy atom. The molecule has 1 fully saturated rings. The van der Waals surface area contributed by atoms with E-state index in [1.165, 1.54) is 12.1 Å². The molecule has 0 bridgehead atoms. The maximum Gasteiger partial charge on any atom is 0.340 e. The van der Waals surface area contributed by atoms with Crippen LogP contribution in [0.2, 0.25) is 5.02 Å². The Balaban J connectivity index is 1.48. The smallest absolute Gasteiger partial charge is 0.340 e. The quantitative estimate of drug-likeness (QED) is 0.770. The first kappa shape index (κ1) is 18.2. The first-order chi connectivity index (χ1) is 12.5. The van der Waals surface area contributed by atoms with Crippen LogP contribution in [0.3, 0.4) is 0 Å². The van der Waals surface area contributed by atoms with E-state index in [-0.39, 0.29) is 28.9 Å². The summed E-state index contributed by atoms with van der Waals surface area (Å²) in [5.74, 6) is -1.14. The van der Waals surface area contributed by atoms with Gasteiger partial charge in [0.25, 0.3) is 5.91 Å². The van der Waals surface area contributed by atoms with Crippen LogP contribution in [0.4, 0.5) is 10.1 Å². The van der Waals surface area contributed by atoms with Gasteiger partial charge < -0.3 is 14.5 Å². The van der Waals surface area contributed by atoms with Crippen molar-refractivity contribution < 1.29 is 18.7 Å². The summed E-state index contributed by atoms with van der Waals surface area (Å²) in [6, 6.07) is 12.8. The summed E-state index contributed by atoms with van der Waals surface area (Å²) in [5, 5.41) is 0.290. The largest absolute Gasteiger partial charge is 0.452 e. The molecule has 0 aromatic heterocycles. The predicted octanol–water partition coefficient (Wildman–Crippen LogP) is 2.98. The number of hydrogen-bond donors (Lipinski definition) is 0. The molecule has 1 heterocycles. The highest BCUT2D eigenvalue weighted by atomic mass is 35.5. The van der Waals surface area contributed by atoms with Crippen molar-refractivity contribution in [3.63, 3.8) is 0 Å². The van der Waals surface area contributed by atoms with Crippen LogP contribution in [0.1, 0.15) is 10.4 Å². The normalized spacial score (nSPS) is 14.2. The standard InChI is InChI=1S/C19H18ClFN2O3/c20-17-4-2-1-3-16(17)19(25)26-13-18(24)23-11-9-22(10-12-23)15-7-5-14(21)6-8-15/h1-8H,9-13H2. The third-order valence-corrected chi connectivity index (χ3v) is 4.57. The Kier molecular flexibility index (Phi) is 5.73. The van der Waals surface area contributed by atoms with E-state index in [1.807, 2.05) is 0 Å². The summed E-state index contributed by atoms with van der Waals surface area (Å²) in [5.41, 5.74) is 1.16. The minimum absolute atomic E-state index is 0.239. The number of piperazine rings is 1. The fraction of sp³-hybridized carbons (Fsp3) is 0.263. The summed E-state index contributed by atoms with van der Waals surface area (Å²) in [4.78, 5) is 28.0. The number of carbonyl (C=O) groups is 2. The van der Waals surface area contributed by atoms with Crippen LogP contribution in [-0.2, 0) is 9.53 Å². The Morgan fingerprint density at radius 3 is 2.31 bits per heavy atom. The van der Waals surface area contributed by atoms with Gasteiger partial charge in [-0.1, -0.05) is 23.7 Å². The first-order valence-electron chi connectivity index (χ1n) is 8.24. The zero-order chi connectivity index (χ0) is 18.5. The van der Waals surface area contributed by atoms with E-state index in [2.05, 4.69) is 4.90 Å². The van der Waals surface area contributed by atoms with Crippen molar-refractivity contribution in [1.29, 1.82) is 0 Å². The summed E-state index contributed by atoms with van der Waals surface area (Å²) in [6.45, 7) is 1.98. The number of amides is 1. The molecule has 1 aliphatic heterocycles. The minimum Gasteiger partial charge on any atom is -0.452 e. The molecule has 2 aromatic rings. The number of rotatable bonds is 4. The maximum atomic E-state index is 13.0. The van der Waals surface area contributed by atoms with Gasteiger partial charge in [0.1, 0.15) is 5.82 Å². The number of ether oxygens (including phenoxy) is 1. The lowest BCUT2D eigenvalue weighted by atomic mass is 10.2. The van der Waals surface area contributed by atoms with E-state index < -0.39 is 5.97 Å². The molecule has 0 N–H and O–H groups in total. The molecular formula is C19H18ClFN2O3. The van der Waals surface area contributed by atoms with Gasteiger partial charge in [0, 0.05) is 31.9 Å². The molecular weight excluding hydrogens is 359 g/mol. The number of anilines is 1. The highest BCUT2D eigenvalue weighted by molar-refractivity contribution is 6.33. The number of hydrogen-bond acceptors (Lipinski definition) is 4. The summed E-state index contributed by atoms with van der Waals surface area (Å²) in [6.07, 6.45) is 0. The van der Waals surface area contributed by atoms with Gasteiger partial charge in [0.2, 0.25) is 0 Å². The monoisotopic (exact) mass is 376 g/mol. The molecule has 0 aliphatic carbocycles. The van der Waals surface area contributed by atoms with Gasteiger partial charge in [-0.05, 0) is 36.4 Å². The maximum absolute atomic E-state index is 13.0. The van der Waals surface area contributed by atoms with Crippen LogP contribution in [-0.4, -0.2) is 49.6 Å². The van der Waals surface area contributed by atoms with Crippen LogP contribution in [0.15, 0.2) is 48.5 Å². The molecule has 136 valence electrons. The number of halogens is 2. The van der Waals surface area contributed by atoms with Gasteiger partial charge in [0.05, 0.1) is 10.6 Å². The number of carbonyl (C=O) groups excluding carboxylic acids is 2. The van der Waals surface area contributed by atoms with E-state index in [1.54, 1.807) is 41.3 Å². The first-order valence-corrected chi connectivity index (χ1v) is 8.62. The molecule has 1 aliphatic rings. The number of nitrogens with zero attached hydrogens (tertiary/aromatic N) is 2. The van der Waals surface area contributed by atoms with Gasteiger partial charge in [-0.25, -0.2) is 9.18 Å². The van der Waals surface area contributed by atoms with Crippen LogP contribution < -0.4 is 4.90 Å². The molecule has 1 saturated heterocycles. The minimum atomic E-state index is -0.617. The van der Waals surface area contributed by atoms with Crippen molar-refractivity contribution >= 4 is 29.2 Å². The Bertz CT molecular complexity index is 790. The third-order valence-electron chi connectivity index (χ3n) is 4.24. The lowest BCUT2D eigenvalue weighted by molar-refractivity contribution is -0.134. The lowest BCUT2D eigenvalue weighted by Crippen LogP contribution is -2.49. The number of benzene rings is 2. The molecule has 2 aromatic carbocycles. The third kappa shape index (κ3) is 4.32. The van der Waals surface area contributed by atoms with Crippen LogP contribution in [0, 0.1) is 5.82 Å². The van der Waals surface area contributed by atoms with Crippen LogP contribution >= 0.6 is 11.6 Å². The second kappa shape index (κ2) is 8.19. The van der Waals surface area contributed by atoms with Gasteiger partial charge in [0.15, 0.2) is 6.61 Å². The molecule has 1 amide bonds. The van der Waals surface area contributed by atoms with E-state index in [9.17, 15) is 14.0 Å². The molecule has 5 nitrogen and oxygen atoms in total. The van der Waals surface area contributed by atoms with Gasteiger partial charge >= 0.3 is 5.97 Å². The van der Waals surface area contributed by atoms with E-state index >= 15 is 0 Å². The summed E-state index contributed by atoms with van der Waals surface area (Å²) >= 11 is 5.94. The van der Waals surface area contributed by atoms with Crippen molar-refractivity contribution in [3.8, 4) is 0 Å². The molecule has 0 spiro atoms. The van der Waals surface area contributed by atoms with Crippen molar-refractivity contribution in [2.45, 2.75) is 0 Å². The van der Waals surface area contributed by atoms with Crippen molar-refractivity contribution in [2.24, 2.45) is 0 Å². The van der Waals surface area contributed by atoms with Crippen LogP contribution in [0.25, 0.3) is 0 Å². The second-order valence-corrected chi connectivity index (χ2v) is 6.31. The molecule has 3 rings (SSSR count).